The van der Waals surface area contributed by atoms with E-state index in [1.165, 1.54) is 39.0 Å². The van der Waals surface area contributed by atoms with E-state index >= 15 is 0 Å². The summed E-state index contributed by atoms with van der Waals surface area (Å²) >= 11 is 0. The van der Waals surface area contributed by atoms with Crippen LogP contribution in [0.4, 0.5) is 0 Å². The number of nitrogens with zero attached hydrogens (tertiary/aromatic N) is 3. The van der Waals surface area contributed by atoms with Crippen LogP contribution in [0.3, 0.4) is 0 Å². The van der Waals surface area contributed by atoms with Crippen LogP contribution in [0.1, 0.15) is 26.7 Å². The molecule has 1 aliphatic heterocycles. The Morgan fingerprint density at radius 1 is 1.19 bits per heavy atom. The zero-order valence-corrected chi connectivity index (χ0v) is 11.7. The molecule has 96 valence electrons. The first-order chi connectivity index (χ1) is 7.50. The van der Waals surface area contributed by atoms with Crippen molar-refractivity contribution in [2.75, 3.05) is 47.3 Å². The summed E-state index contributed by atoms with van der Waals surface area (Å²) in [4.78, 5) is 7.40. The topological polar surface area (TPSA) is 9.72 Å². The van der Waals surface area contributed by atoms with E-state index in [0.717, 1.165) is 6.04 Å². The van der Waals surface area contributed by atoms with E-state index in [0.29, 0.717) is 6.04 Å². The molecule has 0 N–H and O–H groups in total. The fraction of sp³-hybridized carbons (Fsp3) is 1.00. The van der Waals surface area contributed by atoms with Crippen molar-refractivity contribution in [1.82, 2.24) is 14.7 Å². The van der Waals surface area contributed by atoms with E-state index in [4.69, 9.17) is 0 Å². The summed E-state index contributed by atoms with van der Waals surface area (Å²) in [6.07, 6.45) is 2.62. The minimum Gasteiger partial charge on any atom is -0.309 e. The van der Waals surface area contributed by atoms with Crippen LogP contribution in [0.15, 0.2) is 0 Å². The molecule has 1 saturated heterocycles. The molecule has 0 spiro atoms. The van der Waals surface area contributed by atoms with Crippen LogP contribution in [0.5, 0.6) is 0 Å². The molecule has 1 rings (SSSR count). The van der Waals surface area contributed by atoms with E-state index in [-0.39, 0.29) is 0 Å². The number of likely N-dealkylation sites (N-methyl/N-ethyl adjacent to an activating group) is 1. The van der Waals surface area contributed by atoms with E-state index in [9.17, 15) is 0 Å². The Labute approximate surface area is 101 Å². The minimum absolute atomic E-state index is 0.708. The minimum atomic E-state index is 0.708. The monoisotopic (exact) mass is 227 g/mol. The normalized spacial score (nSPS) is 22.9. The maximum Gasteiger partial charge on any atom is 0.0232 e. The fourth-order valence-corrected chi connectivity index (χ4v) is 2.42. The van der Waals surface area contributed by atoms with Gasteiger partial charge in [-0.3, -0.25) is 4.90 Å². The average Bonchev–Trinajstić information content (AvgIpc) is 2.65. The highest BCUT2D eigenvalue weighted by Gasteiger charge is 2.26. The predicted octanol–water partition coefficient (Wildman–Crippen LogP) is 1.35. The van der Waals surface area contributed by atoms with Crippen LogP contribution in [-0.4, -0.2) is 74.1 Å². The number of hydrogen-bond acceptors (Lipinski definition) is 3. The second kappa shape index (κ2) is 6.58. The van der Waals surface area contributed by atoms with Gasteiger partial charge in [0.05, 0.1) is 0 Å². The molecule has 1 heterocycles. The highest BCUT2D eigenvalue weighted by molar-refractivity contribution is 4.83. The standard InChI is InChI=1S/C13H29N3/c1-12(2)16-10-7-13(11-16)15(5)9-6-8-14(3)4/h12-13H,6-11H2,1-5H3/t13-/m0/s1. The van der Waals surface area contributed by atoms with Gasteiger partial charge < -0.3 is 9.80 Å². The molecule has 1 aliphatic rings. The van der Waals surface area contributed by atoms with Crippen molar-refractivity contribution in [2.45, 2.75) is 38.8 Å². The highest BCUT2D eigenvalue weighted by Crippen LogP contribution is 2.16. The number of rotatable bonds is 6. The van der Waals surface area contributed by atoms with Gasteiger partial charge in [0.15, 0.2) is 0 Å². The van der Waals surface area contributed by atoms with Crippen LogP contribution >= 0.6 is 0 Å². The second-order valence-electron chi connectivity index (χ2n) is 5.67. The quantitative estimate of drug-likeness (QED) is 0.678. The first-order valence-corrected chi connectivity index (χ1v) is 6.59. The zero-order valence-electron chi connectivity index (χ0n) is 11.7. The zero-order chi connectivity index (χ0) is 12.1. The van der Waals surface area contributed by atoms with Crippen molar-refractivity contribution in [3.05, 3.63) is 0 Å². The van der Waals surface area contributed by atoms with Gasteiger partial charge in [-0.25, -0.2) is 0 Å². The van der Waals surface area contributed by atoms with E-state index in [1.54, 1.807) is 0 Å². The van der Waals surface area contributed by atoms with Gasteiger partial charge in [-0.2, -0.15) is 0 Å². The molecular weight excluding hydrogens is 198 g/mol. The lowest BCUT2D eigenvalue weighted by atomic mass is 10.2. The summed E-state index contributed by atoms with van der Waals surface area (Å²) in [5.74, 6) is 0. The lowest BCUT2D eigenvalue weighted by molar-refractivity contribution is 0.207. The molecule has 1 atom stereocenters. The van der Waals surface area contributed by atoms with E-state index in [2.05, 4.69) is 49.7 Å². The predicted molar refractivity (Wildman–Crippen MR) is 70.9 cm³/mol. The third kappa shape index (κ3) is 4.40. The highest BCUT2D eigenvalue weighted by atomic mass is 15.3. The van der Waals surface area contributed by atoms with Gasteiger partial charge in [-0.05, 0) is 60.9 Å². The molecule has 0 aromatic heterocycles. The first kappa shape index (κ1) is 13.9. The van der Waals surface area contributed by atoms with Crippen molar-refractivity contribution in [3.8, 4) is 0 Å². The second-order valence-corrected chi connectivity index (χ2v) is 5.67. The summed E-state index contributed by atoms with van der Waals surface area (Å²) in [5, 5.41) is 0. The molecule has 0 aromatic carbocycles. The molecule has 3 heteroatoms. The van der Waals surface area contributed by atoms with Crippen molar-refractivity contribution in [1.29, 1.82) is 0 Å². The van der Waals surface area contributed by atoms with Crippen LogP contribution in [0.25, 0.3) is 0 Å². The van der Waals surface area contributed by atoms with E-state index in [1.807, 2.05) is 0 Å². The number of hydrogen-bond donors (Lipinski definition) is 0. The Kier molecular flexibility index (Phi) is 5.73. The summed E-state index contributed by atoms with van der Waals surface area (Å²) in [5.41, 5.74) is 0. The summed E-state index contributed by atoms with van der Waals surface area (Å²) < 4.78 is 0. The first-order valence-electron chi connectivity index (χ1n) is 6.59. The van der Waals surface area contributed by atoms with Gasteiger partial charge in [-0.1, -0.05) is 0 Å². The number of likely N-dealkylation sites (tertiary alicyclic amines) is 1. The molecule has 3 nitrogen and oxygen atoms in total. The van der Waals surface area contributed by atoms with Crippen LogP contribution in [0.2, 0.25) is 0 Å². The summed E-state index contributed by atoms with van der Waals surface area (Å²) in [7, 11) is 6.58. The van der Waals surface area contributed by atoms with Crippen LogP contribution in [0, 0.1) is 0 Å². The van der Waals surface area contributed by atoms with E-state index < -0.39 is 0 Å². The molecule has 16 heavy (non-hydrogen) atoms. The Morgan fingerprint density at radius 2 is 1.88 bits per heavy atom. The largest absolute Gasteiger partial charge is 0.309 e. The molecule has 0 amide bonds. The van der Waals surface area contributed by atoms with Crippen molar-refractivity contribution >= 4 is 0 Å². The maximum absolute atomic E-state index is 2.59. The van der Waals surface area contributed by atoms with Gasteiger partial charge in [0.25, 0.3) is 0 Å². The third-order valence-corrected chi connectivity index (χ3v) is 3.66. The molecule has 0 unspecified atom stereocenters. The SMILES string of the molecule is CC(C)N1CC[C@H](N(C)CCCN(C)C)C1. The average molecular weight is 227 g/mol. The lowest BCUT2D eigenvalue weighted by Gasteiger charge is -2.26. The van der Waals surface area contributed by atoms with Crippen molar-refractivity contribution in [3.63, 3.8) is 0 Å². The third-order valence-electron chi connectivity index (χ3n) is 3.66. The van der Waals surface area contributed by atoms with Gasteiger partial charge in [0.2, 0.25) is 0 Å². The van der Waals surface area contributed by atoms with Crippen molar-refractivity contribution in [2.24, 2.45) is 0 Å². The fourth-order valence-electron chi connectivity index (χ4n) is 2.42. The summed E-state index contributed by atoms with van der Waals surface area (Å²) in [6, 6.07) is 1.49. The Balaban J connectivity index is 2.20. The molecule has 1 fully saturated rings. The van der Waals surface area contributed by atoms with Gasteiger partial charge in [0.1, 0.15) is 0 Å². The van der Waals surface area contributed by atoms with Gasteiger partial charge in [0, 0.05) is 25.2 Å². The molecule has 0 radical (unpaired) electrons. The molecule has 0 bridgehead atoms. The van der Waals surface area contributed by atoms with Crippen molar-refractivity contribution < 1.29 is 0 Å². The van der Waals surface area contributed by atoms with Crippen LogP contribution in [-0.2, 0) is 0 Å². The molecule has 0 aromatic rings. The molecule has 0 saturated carbocycles. The van der Waals surface area contributed by atoms with Gasteiger partial charge in [-0.15, -0.1) is 0 Å². The maximum atomic E-state index is 2.59. The van der Waals surface area contributed by atoms with Crippen LogP contribution < -0.4 is 0 Å². The smallest absolute Gasteiger partial charge is 0.0232 e. The molecule has 0 aliphatic carbocycles. The lowest BCUT2D eigenvalue weighted by Crippen LogP contribution is -2.37. The Morgan fingerprint density at radius 3 is 2.38 bits per heavy atom. The van der Waals surface area contributed by atoms with Gasteiger partial charge >= 0.3 is 0 Å². The molecular formula is C13H29N3. The summed E-state index contributed by atoms with van der Waals surface area (Å²) in [6.45, 7) is 9.57. The Bertz CT molecular complexity index is 192. The Hall–Kier alpha value is -0.120.